The second-order valence-electron chi connectivity index (χ2n) is 33.4. The van der Waals surface area contributed by atoms with E-state index in [1.807, 2.05) is 85.8 Å². The number of aromatic nitrogens is 11. The van der Waals surface area contributed by atoms with Gasteiger partial charge in [0.1, 0.15) is 11.9 Å². The van der Waals surface area contributed by atoms with Crippen LogP contribution >= 0.6 is 23.2 Å². The van der Waals surface area contributed by atoms with Gasteiger partial charge in [-0.2, -0.15) is 0 Å². The summed E-state index contributed by atoms with van der Waals surface area (Å²) in [6.45, 7) is 14.6. The van der Waals surface area contributed by atoms with Crippen LogP contribution in [0.5, 0.6) is 0 Å². The largest absolute Gasteiger partial charge is 0.392 e. The molecule has 20 rings (SSSR count). The van der Waals surface area contributed by atoms with E-state index in [-0.39, 0.29) is 6.61 Å². The molecule has 13 heterocycles. The third-order valence-electron chi connectivity index (χ3n) is 25.0. The van der Waals surface area contributed by atoms with Crippen LogP contribution in [-0.2, 0) is 110 Å². The minimum absolute atomic E-state index is 0.00141. The number of aryl methyl sites for hydroxylation is 4. The predicted octanol–water partition coefficient (Wildman–Crippen LogP) is 16.6. The van der Waals surface area contributed by atoms with E-state index < -0.39 is 30.0 Å². The topological polar surface area (TPSA) is 233 Å². The molecule has 0 amide bonds. The van der Waals surface area contributed by atoms with Crippen LogP contribution in [0.4, 0.5) is 0 Å². The number of aliphatic hydroxyl groups excluding tert-OH is 5. The third-order valence-corrected chi connectivity index (χ3v) is 25.5. The number of para-hydroxylation sites is 2. The fraction of sp³-hybridized carbons (Fsp3) is 0.347. The highest BCUT2D eigenvalue weighted by atomic mass is 35.5. The van der Waals surface area contributed by atoms with Crippen LogP contribution in [0.2, 0.25) is 10.0 Å². The van der Waals surface area contributed by atoms with Crippen LogP contribution in [0.1, 0.15) is 158 Å². The lowest BCUT2D eigenvalue weighted by molar-refractivity contribution is 0.0341. The Hall–Kier alpha value is -10.3. The van der Waals surface area contributed by atoms with Crippen molar-refractivity contribution in [3.63, 3.8) is 0 Å². The molecule has 3 aliphatic heterocycles. The van der Waals surface area contributed by atoms with Crippen molar-refractivity contribution >= 4 is 77.7 Å². The number of fused-ring (bicyclic) bond motifs is 15. The third kappa shape index (κ3) is 17.8. The van der Waals surface area contributed by atoms with Gasteiger partial charge in [0.15, 0.2) is 0 Å². The van der Waals surface area contributed by atoms with E-state index in [1.165, 1.54) is 137 Å². The van der Waals surface area contributed by atoms with Crippen molar-refractivity contribution in [2.24, 2.45) is 0 Å². The van der Waals surface area contributed by atoms with Gasteiger partial charge < -0.3 is 68.2 Å². The molecule has 120 heavy (non-hydrogen) atoms. The van der Waals surface area contributed by atoms with Crippen molar-refractivity contribution in [1.82, 2.24) is 67.4 Å². The number of hydrogen-bond donors (Lipinski definition) is 6. The van der Waals surface area contributed by atoms with E-state index in [9.17, 15) is 30.6 Å². The highest BCUT2D eigenvalue weighted by Gasteiger charge is 2.33. The lowest BCUT2D eigenvalue weighted by Gasteiger charge is -2.26. The minimum Gasteiger partial charge on any atom is -0.392 e. The first kappa shape index (κ1) is 83.4. The van der Waals surface area contributed by atoms with Gasteiger partial charge in [0, 0.05) is 202 Å². The monoisotopic (exact) mass is 1650 g/mol. The molecule has 20 nitrogen and oxygen atoms in total. The number of nitrogens with zero attached hydrogens (tertiary/aromatic N) is 14. The van der Waals surface area contributed by atoms with E-state index in [0.717, 1.165) is 139 Å². The Morgan fingerprint density at radius 2 is 0.858 bits per heavy atom. The molecule has 6 N–H and O–H groups in total. The van der Waals surface area contributed by atoms with Gasteiger partial charge >= 0.3 is 0 Å². The zero-order valence-electron chi connectivity index (χ0n) is 69.4. The van der Waals surface area contributed by atoms with E-state index >= 15 is 0 Å². The normalized spacial score (nSPS) is 16.2. The van der Waals surface area contributed by atoms with Gasteiger partial charge in [-0.15, -0.1) is 0 Å². The van der Waals surface area contributed by atoms with Crippen LogP contribution in [0, 0.1) is 13.8 Å². The summed E-state index contributed by atoms with van der Waals surface area (Å²) in [7, 11) is 6.45. The molecule has 5 aliphatic rings. The SMILES string of the molecule is CC(O)(Cn1c2c(c3cc(Cl)ccc31)CCCC2)c1ccncn1.CN1CCc2c(c3cccc(CO)c3n2CC(O)c2ccncc2)C1.CN1CCc2c(c3cccc(Cl)c3n2CC(O)c2ccncc2)C1.Cc1ccc2c(c1)c1c(n2CC(O)c2ccncc2)CCCC1.Cc1ccc2c3c(n(CC(O)c4cccnc4)c2c1)CCN(C)C3. The summed E-state index contributed by atoms with van der Waals surface area (Å²) >= 11 is 12.7. The van der Waals surface area contributed by atoms with Gasteiger partial charge in [-0.25, -0.2) is 9.97 Å². The summed E-state index contributed by atoms with van der Waals surface area (Å²) in [5.74, 6) is 0. The summed E-state index contributed by atoms with van der Waals surface area (Å²) in [4.78, 5) is 31.4. The Labute approximate surface area is 711 Å². The molecule has 0 saturated heterocycles. The van der Waals surface area contributed by atoms with Crippen molar-refractivity contribution < 1.29 is 30.6 Å². The van der Waals surface area contributed by atoms with Crippen molar-refractivity contribution in [3.8, 4) is 0 Å². The fourth-order valence-corrected chi connectivity index (χ4v) is 19.4. The number of pyridine rings is 4. The maximum atomic E-state index is 11.0. The molecular weight excluding hydrogens is 1540 g/mol. The predicted molar refractivity (Wildman–Crippen MR) is 477 cm³/mol. The zero-order valence-corrected chi connectivity index (χ0v) is 70.9. The van der Waals surface area contributed by atoms with E-state index in [0.29, 0.717) is 38.4 Å². The summed E-state index contributed by atoms with van der Waals surface area (Å²) < 4.78 is 11.3. The van der Waals surface area contributed by atoms with Crippen molar-refractivity contribution in [2.75, 3.05) is 40.8 Å². The van der Waals surface area contributed by atoms with E-state index in [2.05, 4.69) is 163 Å². The van der Waals surface area contributed by atoms with Crippen LogP contribution in [0.15, 0.2) is 208 Å². The second-order valence-corrected chi connectivity index (χ2v) is 34.2. The zero-order chi connectivity index (χ0) is 83.3. The molecule has 620 valence electrons. The number of hydrogen-bond acceptors (Lipinski definition) is 15. The number of rotatable bonds is 16. The molecule has 0 fully saturated rings. The van der Waals surface area contributed by atoms with Crippen LogP contribution in [-0.4, -0.2) is 139 Å². The first-order chi connectivity index (χ1) is 58.3. The molecule has 2 aliphatic carbocycles. The highest BCUT2D eigenvalue weighted by molar-refractivity contribution is 6.35. The molecule has 5 aromatic carbocycles. The second kappa shape index (κ2) is 37.0. The van der Waals surface area contributed by atoms with Gasteiger partial charge in [0.25, 0.3) is 0 Å². The highest BCUT2D eigenvalue weighted by Crippen LogP contribution is 2.41. The number of likely N-dealkylation sites (N-methyl/N-ethyl adjacent to an activating group) is 3. The van der Waals surface area contributed by atoms with Gasteiger partial charge in [0.05, 0.1) is 85.5 Å². The number of halogens is 2. The van der Waals surface area contributed by atoms with Crippen LogP contribution < -0.4 is 0 Å². The van der Waals surface area contributed by atoms with Crippen molar-refractivity contribution in [2.45, 2.75) is 180 Å². The first-order valence-corrected chi connectivity index (χ1v) is 42.9. The molecule has 10 aromatic heterocycles. The lowest BCUT2D eigenvalue weighted by Crippen LogP contribution is -2.30. The maximum Gasteiger partial charge on any atom is 0.122 e. The Kier molecular flexibility index (Phi) is 25.7. The standard InChI is InChI=1S/C20H23N3O2.C20H23N3O.C20H22N2O.2C19H20ClN3O/c1-22-10-7-18-17(11-22)16-4-2-3-15(13-24)20(16)23(18)12-19(25)14-5-8-21-9-6-14;1-14-5-6-16-17-12-22(2)9-7-18(17)23(19(16)10-14)13-20(24)15-4-3-8-21-11-15;1-14-6-7-19-17(12-14)16-4-2-3-5-18(16)22(19)13-20(23)15-8-10-21-11-9-15;1-22-10-7-17-15(11-22)14-3-2-4-16(20)19(14)23(17)12-18(24)13-5-8-21-9-6-13;1-19(24,18-8-9-21-12-22-18)11-23-16-5-3-2-4-14(16)15-10-13(20)6-7-17(15)23/h2-6,8-9,19,24-25H,7,10-13H2,1H3;3-6,8,10-11,20,24H,7,9,12-13H2,1-2H3;6-12,20,23H,2-5,13H2,1H3;2-6,8-9,18,24H,7,10-12H2,1H3;6-10,12,24H,2-5,11H2,1H3. The smallest absolute Gasteiger partial charge is 0.122 e. The number of benzene rings is 5. The van der Waals surface area contributed by atoms with E-state index in [1.54, 1.807) is 61.8 Å². The molecular formula is C98H108Cl2N14O6. The van der Waals surface area contributed by atoms with Crippen LogP contribution in [0.3, 0.4) is 0 Å². The van der Waals surface area contributed by atoms with Gasteiger partial charge in [-0.3, -0.25) is 19.9 Å². The average Bonchev–Trinajstić information content (AvgIpc) is 1.61. The Morgan fingerprint density at radius 1 is 0.400 bits per heavy atom. The van der Waals surface area contributed by atoms with Crippen molar-refractivity contribution in [1.29, 1.82) is 0 Å². The summed E-state index contributed by atoms with van der Waals surface area (Å²) in [5.41, 5.74) is 26.0. The molecule has 0 saturated carbocycles. The quantitative estimate of drug-likeness (QED) is 0.0528. The molecule has 0 bridgehead atoms. The minimum atomic E-state index is -1.06. The summed E-state index contributed by atoms with van der Waals surface area (Å²) in [6, 6.07) is 48.3. The van der Waals surface area contributed by atoms with Gasteiger partial charge in [-0.05, 0) is 234 Å². The number of aliphatic hydroxyl groups is 6. The van der Waals surface area contributed by atoms with Gasteiger partial charge in [0.2, 0.25) is 0 Å². The van der Waals surface area contributed by atoms with E-state index in [4.69, 9.17) is 23.2 Å². The van der Waals surface area contributed by atoms with Crippen molar-refractivity contribution in [3.05, 3.63) is 319 Å². The first-order valence-electron chi connectivity index (χ1n) is 42.2. The molecule has 5 atom stereocenters. The molecule has 0 radical (unpaired) electrons. The summed E-state index contributed by atoms with van der Waals surface area (Å²) in [6.07, 6.45) is 27.0. The summed E-state index contributed by atoms with van der Waals surface area (Å²) in [5, 5.41) is 71.5. The maximum absolute atomic E-state index is 11.0. The molecule has 15 aromatic rings. The van der Waals surface area contributed by atoms with Crippen LogP contribution in [0.25, 0.3) is 54.5 Å². The molecule has 0 spiro atoms. The average molecular weight is 1650 g/mol. The molecule has 5 unspecified atom stereocenters. The molecule has 22 heteroatoms. The fourth-order valence-electron chi connectivity index (χ4n) is 18.9. The Balaban J connectivity index is 0.000000112. The van der Waals surface area contributed by atoms with Gasteiger partial charge in [-0.1, -0.05) is 83.4 Å². The Bertz CT molecular complexity index is 6070. The Morgan fingerprint density at radius 3 is 1.42 bits per heavy atom. The lowest BCUT2D eigenvalue weighted by atomic mass is 9.95.